The largest absolute Gasteiger partial charge is 0.368 e. The molecule has 0 bridgehead atoms. The number of hydrogen-bond donors (Lipinski definition) is 2. The predicted molar refractivity (Wildman–Crippen MR) is 106 cm³/mol. The Bertz CT molecular complexity index is 1060. The number of aryl methyl sites for hydroxylation is 1. The number of aromatic nitrogens is 5. The number of hydrogen-bond acceptors (Lipinski definition) is 9. The minimum absolute atomic E-state index is 0.187. The maximum absolute atomic E-state index is 5.84. The van der Waals surface area contributed by atoms with Crippen LogP contribution in [0.3, 0.4) is 0 Å². The highest BCUT2D eigenvalue weighted by Crippen LogP contribution is 2.25. The molecule has 9 heteroatoms. The van der Waals surface area contributed by atoms with Crippen LogP contribution in [0.5, 0.6) is 0 Å². The van der Waals surface area contributed by atoms with Gasteiger partial charge in [0.15, 0.2) is 4.34 Å². The van der Waals surface area contributed by atoms with Crippen LogP contribution < -0.4 is 11.1 Å². The molecule has 0 radical (unpaired) electrons. The number of nitrogens with one attached hydrogen (secondary N) is 1. The Morgan fingerprint density at radius 2 is 1.88 bits per heavy atom. The fraction of sp³-hybridized carbons (Fsp3) is 0.118. The van der Waals surface area contributed by atoms with Crippen molar-refractivity contribution < 1.29 is 0 Å². The first-order valence-electron chi connectivity index (χ1n) is 7.85. The van der Waals surface area contributed by atoms with Crippen LogP contribution in [0.25, 0.3) is 10.8 Å². The van der Waals surface area contributed by atoms with Crippen molar-refractivity contribution in [1.29, 1.82) is 0 Å². The van der Waals surface area contributed by atoms with Crippen LogP contribution in [0.2, 0.25) is 0 Å². The van der Waals surface area contributed by atoms with Crippen LogP contribution in [-0.2, 0) is 5.75 Å². The molecule has 0 saturated heterocycles. The van der Waals surface area contributed by atoms with Gasteiger partial charge in [0.1, 0.15) is 10.8 Å². The van der Waals surface area contributed by atoms with Crippen LogP contribution in [0.4, 0.5) is 17.6 Å². The molecule has 0 atom stereocenters. The summed E-state index contributed by atoms with van der Waals surface area (Å²) >= 11 is 3.07. The van der Waals surface area contributed by atoms with Crippen molar-refractivity contribution in [2.45, 2.75) is 17.0 Å². The SMILES string of the molecule is Cc1nnc(SCc2nc(N)nc(Nc3ccc4ccccc4c3)n2)s1. The van der Waals surface area contributed by atoms with Crippen molar-refractivity contribution in [1.82, 2.24) is 25.1 Å². The van der Waals surface area contributed by atoms with E-state index in [1.807, 2.05) is 31.2 Å². The van der Waals surface area contributed by atoms with Crippen molar-refractivity contribution in [3.05, 3.63) is 53.3 Å². The van der Waals surface area contributed by atoms with E-state index in [1.165, 1.54) is 17.1 Å². The van der Waals surface area contributed by atoms with Gasteiger partial charge in [-0.2, -0.15) is 15.0 Å². The van der Waals surface area contributed by atoms with Crippen LogP contribution >= 0.6 is 23.1 Å². The Morgan fingerprint density at radius 1 is 1.04 bits per heavy atom. The Kier molecular flexibility index (Phi) is 4.63. The van der Waals surface area contributed by atoms with Crippen LogP contribution in [-0.4, -0.2) is 25.1 Å². The van der Waals surface area contributed by atoms with Gasteiger partial charge in [0.2, 0.25) is 11.9 Å². The molecule has 2 aromatic heterocycles. The molecule has 0 amide bonds. The third-order valence-corrected chi connectivity index (χ3v) is 5.50. The lowest BCUT2D eigenvalue weighted by Gasteiger charge is -2.08. The smallest absolute Gasteiger partial charge is 0.232 e. The van der Waals surface area contributed by atoms with Crippen molar-refractivity contribution in [2.75, 3.05) is 11.1 Å². The first kappa shape index (κ1) is 16.7. The first-order valence-corrected chi connectivity index (χ1v) is 9.65. The quantitative estimate of drug-likeness (QED) is 0.503. The zero-order valence-electron chi connectivity index (χ0n) is 13.9. The van der Waals surface area contributed by atoms with Gasteiger partial charge in [-0.05, 0) is 29.8 Å². The molecule has 0 aliphatic rings. The number of thioether (sulfide) groups is 1. The number of fused-ring (bicyclic) bond motifs is 1. The summed E-state index contributed by atoms with van der Waals surface area (Å²) in [4.78, 5) is 12.8. The van der Waals surface area contributed by atoms with Gasteiger partial charge >= 0.3 is 0 Å². The molecule has 0 aliphatic carbocycles. The van der Waals surface area contributed by atoms with E-state index in [0.29, 0.717) is 17.5 Å². The Balaban J connectivity index is 1.53. The standard InChI is InChI=1S/C17H15N7S2/c1-10-23-24-17(26-10)25-9-14-20-15(18)22-16(21-14)19-13-7-6-11-4-2-3-5-12(11)8-13/h2-8H,9H2,1H3,(H3,18,19,20,21,22). The molecule has 130 valence electrons. The van der Waals surface area contributed by atoms with Gasteiger partial charge in [-0.25, -0.2) is 0 Å². The number of nitrogen functional groups attached to an aromatic ring is 1. The highest BCUT2D eigenvalue weighted by Gasteiger charge is 2.08. The zero-order chi connectivity index (χ0) is 17.9. The second kappa shape index (κ2) is 7.22. The maximum Gasteiger partial charge on any atom is 0.232 e. The van der Waals surface area contributed by atoms with Crippen molar-refractivity contribution in [3.8, 4) is 0 Å². The lowest BCUT2D eigenvalue weighted by atomic mass is 10.1. The normalized spacial score (nSPS) is 11.0. The number of nitrogens with two attached hydrogens (primary N) is 1. The summed E-state index contributed by atoms with van der Waals surface area (Å²) in [7, 11) is 0. The molecule has 7 nitrogen and oxygen atoms in total. The molecular formula is C17H15N7S2. The van der Waals surface area contributed by atoms with Crippen molar-refractivity contribution >= 4 is 51.5 Å². The number of anilines is 3. The topological polar surface area (TPSA) is 102 Å². The van der Waals surface area contributed by atoms with E-state index < -0.39 is 0 Å². The van der Waals surface area contributed by atoms with E-state index >= 15 is 0 Å². The number of rotatable bonds is 5. The van der Waals surface area contributed by atoms with Gasteiger partial charge in [-0.1, -0.05) is 53.4 Å². The van der Waals surface area contributed by atoms with E-state index in [9.17, 15) is 0 Å². The van der Waals surface area contributed by atoms with Crippen molar-refractivity contribution in [2.24, 2.45) is 0 Å². The molecule has 4 rings (SSSR count). The molecule has 0 unspecified atom stereocenters. The van der Waals surface area contributed by atoms with E-state index in [1.54, 1.807) is 11.3 Å². The monoisotopic (exact) mass is 381 g/mol. The second-order valence-corrected chi connectivity index (χ2v) is 7.90. The summed E-state index contributed by atoms with van der Waals surface area (Å²) < 4.78 is 0.880. The molecule has 2 aromatic carbocycles. The van der Waals surface area contributed by atoms with E-state index in [-0.39, 0.29) is 5.95 Å². The summed E-state index contributed by atoms with van der Waals surface area (Å²) in [5.74, 6) is 1.76. The Hall–Kier alpha value is -2.78. The van der Waals surface area contributed by atoms with Gasteiger partial charge < -0.3 is 11.1 Å². The minimum atomic E-state index is 0.187. The number of benzene rings is 2. The van der Waals surface area contributed by atoms with E-state index in [0.717, 1.165) is 20.4 Å². The maximum atomic E-state index is 5.84. The molecular weight excluding hydrogens is 366 g/mol. The van der Waals surface area contributed by atoms with E-state index in [2.05, 4.69) is 48.7 Å². The van der Waals surface area contributed by atoms with Crippen LogP contribution in [0.1, 0.15) is 10.8 Å². The summed E-state index contributed by atoms with van der Waals surface area (Å²) in [5, 5.41) is 14.5. The summed E-state index contributed by atoms with van der Waals surface area (Å²) in [5.41, 5.74) is 6.74. The highest BCUT2D eigenvalue weighted by atomic mass is 32.2. The lowest BCUT2D eigenvalue weighted by Crippen LogP contribution is -2.06. The molecule has 0 saturated carbocycles. The molecule has 0 fully saturated rings. The molecule has 0 aliphatic heterocycles. The lowest BCUT2D eigenvalue weighted by molar-refractivity contribution is 0.968. The number of nitrogens with zero attached hydrogens (tertiary/aromatic N) is 5. The molecule has 3 N–H and O–H groups in total. The van der Waals surface area contributed by atoms with Gasteiger partial charge in [0, 0.05) is 5.69 Å². The highest BCUT2D eigenvalue weighted by molar-refractivity contribution is 8.00. The van der Waals surface area contributed by atoms with Gasteiger partial charge in [0.25, 0.3) is 0 Å². The van der Waals surface area contributed by atoms with Crippen LogP contribution in [0.15, 0.2) is 46.8 Å². The fourth-order valence-corrected chi connectivity index (χ4v) is 4.09. The average Bonchev–Trinajstić information content (AvgIpc) is 3.05. The molecule has 0 spiro atoms. The fourth-order valence-electron chi connectivity index (χ4n) is 2.42. The Labute approximate surface area is 158 Å². The second-order valence-electron chi connectivity index (χ2n) is 5.50. The molecule has 26 heavy (non-hydrogen) atoms. The van der Waals surface area contributed by atoms with Gasteiger partial charge in [-0.3, -0.25) is 0 Å². The van der Waals surface area contributed by atoms with Crippen LogP contribution in [0, 0.1) is 6.92 Å². The van der Waals surface area contributed by atoms with Gasteiger partial charge in [-0.15, -0.1) is 10.2 Å². The zero-order valence-corrected chi connectivity index (χ0v) is 15.5. The van der Waals surface area contributed by atoms with E-state index in [4.69, 9.17) is 5.73 Å². The van der Waals surface area contributed by atoms with Crippen molar-refractivity contribution in [3.63, 3.8) is 0 Å². The summed E-state index contributed by atoms with van der Waals surface area (Å²) in [6, 6.07) is 14.3. The first-order chi connectivity index (χ1) is 12.7. The summed E-state index contributed by atoms with van der Waals surface area (Å²) in [6.45, 7) is 1.92. The Morgan fingerprint density at radius 3 is 2.69 bits per heavy atom. The third-order valence-electron chi connectivity index (χ3n) is 3.54. The average molecular weight is 381 g/mol. The molecule has 4 aromatic rings. The third kappa shape index (κ3) is 3.89. The summed E-state index contributed by atoms with van der Waals surface area (Å²) in [6.07, 6.45) is 0. The minimum Gasteiger partial charge on any atom is -0.368 e. The predicted octanol–water partition coefficient (Wildman–Crippen LogP) is 3.80. The van der Waals surface area contributed by atoms with Gasteiger partial charge in [0.05, 0.1) is 5.75 Å². The molecule has 2 heterocycles.